The highest BCUT2D eigenvalue weighted by Gasteiger charge is 2.77. The summed E-state index contributed by atoms with van der Waals surface area (Å²) in [6.45, 7) is 14.3. The molecule has 1 amide bonds. The number of carbonyl (C=O) groups excluding carboxylic acids is 4. The Morgan fingerprint density at radius 1 is 1.14 bits per heavy atom. The number of rotatable bonds is 8. The minimum Gasteiger partial charge on any atom is -0.469 e. The third-order valence-corrected chi connectivity index (χ3v) is 12.4. The van der Waals surface area contributed by atoms with Crippen molar-refractivity contribution in [1.29, 1.82) is 0 Å². The standard InChI is InChI=1S/C24H40N2O9Si/c1-10-11-12-33-21(29)18-17(20(28)31-6)24(22(30)32-7)26-16(27)13-15(25(18)26)19(14(2)34-24)35-36(8,9)23(3,4)5/h14-15,17-19H,10-13H2,1-9H3/t14-,15+,17+,18-,19-,24+/m0/s1. The molecule has 0 saturated carbocycles. The minimum atomic E-state index is -2.39. The van der Waals surface area contributed by atoms with E-state index in [1.807, 2.05) is 6.92 Å². The van der Waals surface area contributed by atoms with Crippen molar-refractivity contribution in [3.63, 3.8) is 0 Å². The van der Waals surface area contributed by atoms with Gasteiger partial charge in [-0.1, -0.05) is 34.1 Å². The first-order valence-electron chi connectivity index (χ1n) is 12.5. The Balaban J connectivity index is 2.19. The maximum atomic E-state index is 13.5. The molecule has 3 fully saturated rings. The molecule has 1 unspecified atom stereocenters. The van der Waals surface area contributed by atoms with Crippen molar-refractivity contribution < 1.29 is 42.6 Å². The summed E-state index contributed by atoms with van der Waals surface area (Å²) in [6, 6.07) is -1.99. The zero-order chi connectivity index (χ0) is 27.2. The normalized spacial score (nSPS) is 33.8. The second kappa shape index (κ2) is 10.0. The van der Waals surface area contributed by atoms with Crippen molar-refractivity contribution in [2.45, 2.75) is 102 Å². The van der Waals surface area contributed by atoms with Crippen LogP contribution in [0.25, 0.3) is 0 Å². The van der Waals surface area contributed by atoms with E-state index in [1.54, 1.807) is 6.92 Å². The fraction of sp³-hybridized carbons (Fsp3) is 0.833. The second-order valence-corrected chi connectivity index (χ2v) is 15.9. The van der Waals surface area contributed by atoms with Crippen LogP contribution in [-0.2, 0) is 42.6 Å². The number of ether oxygens (including phenoxy) is 4. The number of esters is 3. The maximum Gasteiger partial charge on any atom is 0.362 e. The average molecular weight is 529 g/mol. The minimum absolute atomic E-state index is 0.0155. The molecule has 0 aromatic carbocycles. The van der Waals surface area contributed by atoms with Crippen LogP contribution in [0.15, 0.2) is 0 Å². The molecule has 7 atom stereocenters. The van der Waals surface area contributed by atoms with E-state index in [9.17, 15) is 19.2 Å². The summed E-state index contributed by atoms with van der Waals surface area (Å²) < 4.78 is 28.7. The Morgan fingerprint density at radius 2 is 1.78 bits per heavy atom. The van der Waals surface area contributed by atoms with Crippen LogP contribution in [0.1, 0.15) is 53.9 Å². The van der Waals surface area contributed by atoms with Gasteiger partial charge in [-0.25, -0.2) is 9.80 Å². The van der Waals surface area contributed by atoms with Gasteiger partial charge in [0.15, 0.2) is 8.32 Å². The zero-order valence-electron chi connectivity index (χ0n) is 22.8. The Kier molecular flexibility index (Phi) is 7.95. The molecule has 204 valence electrons. The Hall–Kier alpha value is -2.02. The summed E-state index contributed by atoms with van der Waals surface area (Å²) >= 11 is 0. The number of nitrogens with zero attached hydrogens (tertiary/aromatic N) is 2. The fourth-order valence-electron chi connectivity index (χ4n) is 5.04. The molecule has 0 aromatic heterocycles. The number of hydrazine groups is 1. The highest BCUT2D eigenvalue weighted by atomic mass is 28.4. The molecule has 0 N–H and O–H groups in total. The van der Waals surface area contributed by atoms with Crippen LogP contribution in [0.5, 0.6) is 0 Å². The predicted octanol–water partition coefficient (Wildman–Crippen LogP) is 2.00. The van der Waals surface area contributed by atoms with Crippen molar-refractivity contribution in [2.75, 3.05) is 20.8 Å². The van der Waals surface area contributed by atoms with Crippen molar-refractivity contribution in [3.05, 3.63) is 0 Å². The summed E-state index contributed by atoms with van der Waals surface area (Å²) in [5.74, 6) is -4.57. The van der Waals surface area contributed by atoms with E-state index in [2.05, 4.69) is 33.9 Å². The molecule has 3 aliphatic heterocycles. The van der Waals surface area contributed by atoms with Gasteiger partial charge in [0.05, 0.1) is 39.1 Å². The summed E-state index contributed by atoms with van der Waals surface area (Å²) in [5, 5.41) is 2.40. The summed E-state index contributed by atoms with van der Waals surface area (Å²) in [6.07, 6.45) is 0.0345. The molecule has 0 aliphatic carbocycles. The monoisotopic (exact) mass is 528 g/mol. The summed E-state index contributed by atoms with van der Waals surface area (Å²) in [5.41, 5.74) is -2.23. The molecule has 11 nitrogen and oxygen atoms in total. The molecule has 3 rings (SSSR count). The van der Waals surface area contributed by atoms with Gasteiger partial charge < -0.3 is 23.4 Å². The number of hydrogen-bond acceptors (Lipinski definition) is 10. The maximum absolute atomic E-state index is 13.5. The van der Waals surface area contributed by atoms with Gasteiger partial charge in [0.25, 0.3) is 5.72 Å². The van der Waals surface area contributed by atoms with Crippen LogP contribution in [0, 0.1) is 5.92 Å². The molecule has 36 heavy (non-hydrogen) atoms. The van der Waals surface area contributed by atoms with Crippen LogP contribution in [-0.4, -0.2) is 93.0 Å². The van der Waals surface area contributed by atoms with Gasteiger partial charge in [-0.2, -0.15) is 5.01 Å². The van der Waals surface area contributed by atoms with Crippen LogP contribution >= 0.6 is 0 Å². The second-order valence-electron chi connectivity index (χ2n) is 11.2. The van der Waals surface area contributed by atoms with Gasteiger partial charge in [0.1, 0.15) is 12.0 Å². The van der Waals surface area contributed by atoms with E-state index in [1.165, 1.54) is 5.01 Å². The quantitative estimate of drug-likeness (QED) is 0.200. The molecule has 0 spiro atoms. The summed E-state index contributed by atoms with van der Waals surface area (Å²) in [4.78, 5) is 53.5. The van der Waals surface area contributed by atoms with Crippen molar-refractivity contribution in [3.8, 4) is 0 Å². The third-order valence-electron chi connectivity index (χ3n) is 7.89. The topological polar surface area (TPSA) is 121 Å². The van der Waals surface area contributed by atoms with Gasteiger partial charge >= 0.3 is 17.9 Å². The molecule has 3 heterocycles. The van der Waals surface area contributed by atoms with Gasteiger partial charge in [0, 0.05) is 6.42 Å². The molecule has 4 bridgehead atoms. The molecular weight excluding hydrogens is 488 g/mol. The first-order chi connectivity index (χ1) is 16.7. The lowest BCUT2D eigenvalue weighted by molar-refractivity contribution is -0.230. The Morgan fingerprint density at radius 3 is 2.31 bits per heavy atom. The summed E-state index contributed by atoms with van der Waals surface area (Å²) in [7, 11) is -0.0913. The van der Waals surface area contributed by atoms with Gasteiger partial charge in [-0.3, -0.25) is 14.4 Å². The van der Waals surface area contributed by atoms with E-state index < -0.39 is 68.1 Å². The first kappa shape index (κ1) is 28.5. The average Bonchev–Trinajstić information content (AvgIpc) is 3.26. The number of hydrogen-bond donors (Lipinski definition) is 0. The van der Waals surface area contributed by atoms with Crippen molar-refractivity contribution in [2.24, 2.45) is 5.92 Å². The Labute approximate surface area is 213 Å². The fourth-order valence-corrected chi connectivity index (χ4v) is 6.42. The largest absolute Gasteiger partial charge is 0.469 e. The highest BCUT2D eigenvalue weighted by Crippen LogP contribution is 2.53. The van der Waals surface area contributed by atoms with Crippen LogP contribution < -0.4 is 0 Å². The van der Waals surface area contributed by atoms with Gasteiger partial charge in [-0.15, -0.1) is 0 Å². The first-order valence-corrected chi connectivity index (χ1v) is 15.4. The van der Waals surface area contributed by atoms with Crippen LogP contribution in [0.3, 0.4) is 0 Å². The lowest BCUT2D eigenvalue weighted by Crippen LogP contribution is -2.64. The molecule has 0 aromatic rings. The van der Waals surface area contributed by atoms with Crippen molar-refractivity contribution in [1.82, 2.24) is 10.0 Å². The molecule has 0 radical (unpaired) electrons. The SMILES string of the molecule is CCCCOC(=O)[C@@H]1[C@H](C(=O)OC)[C@]2(C(=O)OC)O[C@@H](C)[C@H](O[Si](C)(C)C(C)(C)C)[C@H]3CC(=O)N2N31. The third kappa shape index (κ3) is 4.35. The van der Waals surface area contributed by atoms with E-state index in [0.29, 0.717) is 6.42 Å². The van der Waals surface area contributed by atoms with E-state index in [4.69, 9.17) is 23.4 Å². The number of methoxy groups -OCH3 is 2. The Bertz CT molecular complexity index is 905. The number of amides is 1. The molecule has 3 aliphatic rings. The van der Waals surface area contributed by atoms with E-state index >= 15 is 0 Å². The van der Waals surface area contributed by atoms with E-state index in [-0.39, 0.29) is 18.1 Å². The van der Waals surface area contributed by atoms with Gasteiger partial charge in [0.2, 0.25) is 5.91 Å². The van der Waals surface area contributed by atoms with Crippen LogP contribution in [0.2, 0.25) is 18.1 Å². The lowest BCUT2D eigenvalue weighted by Gasteiger charge is -2.45. The highest BCUT2D eigenvalue weighted by molar-refractivity contribution is 6.74. The molecular formula is C24H40N2O9Si. The smallest absolute Gasteiger partial charge is 0.362 e. The zero-order valence-corrected chi connectivity index (χ0v) is 23.8. The molecule has 3 saturated heterocycles. The van der Waals surface area contributed by atoms with Gasteiger partial charge in [-0.05, 0) is 31.5 Å². The van der Waals surface area contributed by atoms with Crippen LogP contribution in [0.4, 0.5) is 0 Å². The number of carbonyl (C=O) groups is 4. The lowest BCUT2D eigenvalue weighted by atomic mass is 9.86. The van der Waals surface area contributed by atoms with Crippen molar-refractivity contribution >= 4 is 32.1 Å². The predicted molar refractivity (Wildman–Crippen MR) is 130 cm³/mol. The molecule has 12 heteroatoms. The number of unbranched alkanes of at least 4 members (excludes halogenated alkanes) is 1. The van der Waals surface area contributed by atoms with E-state index in [0.717, 1.165) is 25.6 Å².